The summed E-state index contributed by atoms with van der Waals surface area (Å²) in [5.41, 5.74) is 1.68. The Balaban J connectivity index is 1.87. The summed E-state index contributed by atoms with van der Waals surface area (Å²) >= 11 is 1.58. The molecule has 2 aromatic rings. The van der Waals surface area contributed by atoms with Gasteiger partial charge in [-0.2, -0.15) is 0 Å². The van der Waals surface area contributed by atoms with Crippen molar-refractivity contribution in [3.8, 4) is 0 Å². The largest absolute Gasteiger partial charge is 0.346 e. The summed E-state index contributed by atoms with van der Waals surface area (Å²) in [6.45, 7) is 7.65. The topological polar surface area (TPSA) is 58.1 Å². The Morgan fingerprint density at radius 2 is 2.00 bits per heavy atom. The van der Waals surface area contributed by atoms with Crippen LogP contribution < -0.4 is 5.32 Å². The number of hydrogen-bond donors (Lipinski definition) is 1. The lowest BCUT2D eigenvalue weighted by Gasteiger charge is -2.15. The molecule has 0 bridgehead atoms. The van der Waals surface area contributed by atoms with Crippen molar-refractivity contribution in [1.82, 2.24) is 20.2 Å². The molecule has 0 saturated heterocycles. The van der Waals surface area contributed by atoms with Gasteiger partial charge in [0.05, 0.1) is 12.2 Å². The maximum atomic E-state index is 11.9. The number of carbonyl (C=O) groups excluding carboxylic acids is 1. The molecule has 0 aliphatic heterocycles. The Morgan fingerprint density at radius 1 is 1.29 bits per heavy atom. The summed E-state index contributed by atoms with van der Waals surface area (Å²) in [5, 5.41) is 5.87. The van der Waals surface area contributed by atoms with Crippen LogP contribution in [0.2, 0.25) is 0 Å². The number of nitrogens with zero attached hydrogens (tertiary/aromatic N) is 3. The minimum Gasteiger partial charge on any atom is -0.346 e. The van der Waals surface area contributed by atoms with Crippen LogP contribution in [0.25, 0.3) is 0 Å². The predicted octanol–water partition coefficient (Wildman–Crippen LogP) is 2.31. The van der Waals surface area contributed by atoms with Crippen molar-refractivity contribution in [2.45, 2.75) is 26.9 Å². The van der Waals surface area contributed by atoms with Crippen molar-refractivity contribution in [3.05, 3.63) is 46.2 Å². The average Bonchev–Trinajstić information content (AvgIpc) is 2.98. The van der Waals surface area contributed by atoms with Crippen molar-refractivity contribution in [2.75, 3.05) is 13.1 Å². The quantitative estimate of drug-likeness (QED) is 0.853. The lowest BCUT2D eigenvalue weighted by molar-refractivity contribution is 0.0950. The summed E-state index contributed by atoms with van der Waals surface area (Å²) in [4.78, 5) is 22.7. The van der Waals surface area contributed by atoms with E-state index in [-0.39, 0.29) is 5.91 Å². The first kappa shape index (κ1) is 15.6. The Labute approximate surface area is 129 Å². The highest BCUT2D eigenvalue weighted by Gasteiger charge is 2.08. The molecule has 2 heterocycles. The molecule has 2 rings (SSSR count). The Hall–Kier alpha value is -1.79. The molecule has 6 heteroatoms. The third kappa shape index (κ3) is 4.61. The number of hydrogen-bond acceptors (Lipinski definition) is 5. The molecular weight excluding hydrogens is 284 g/mol. The number of pyridine rings is 1. The molecule has 0 aliphatic carbocycles. The third-order valence-corrected chi connectivity index (χ3v) is 4.12. The van der Waals surface area contributed by atoms with E-state index in [1.165, 1.54) is 0 Å². The van der Waals surface area contributed by atoms with Gasteiger partial charge in [0.25, 0.3) is 5.91 Å². The fourth-order valence-electron chi connectivity index (χ4n) is 1.94. The van der Waals surface area contributed by atoms with Crippen molar-refractivity contribution < 1.29 is 4.79 Å². The van der Waals surface area contributed by atoms with Gasteiger partial charge in [0.1, 0.15) is 5.01 Å². The van der Waals surface area contributed by atoms with E-state index in [1.807, 2.05) is 0 Å². The fourth-order valence-corrected chi connectivity index (χ4v) is 2.67. The zero-order chi connectivity index (χ0) is 15.1. The van der Waals surface area contributed by atoms with Crippen molar-refractivity contribution in [3.63, 3.8) is 0 Å². The molecule has 0 unspecified atom stereocenters. The maximum Gasteiger partial charge on any atom is 0.251 e. The zero-order valence-electron chi connectivity index (χ0n) is 12.4. The van der Waals surface area contributed by atoms with Crippen LogP contribution >= 0.6 is 11.3 Å². The summed E-state index contributed by atoms with van der Waals surface area (Å²) in [5.74, 6) is -0.0992. The third-order valence-electron chi connectivity index (χ3n) is 3.22. The Kier molecular flexibility index (Phi) is 5.83. The zero-order valence-corrected chi connectivity index (χ0v) is 13.2. The molecule has 1 amide bonds. The van der Waals surface area contributed by atoms with E-state index in [0.29, 0.717) is 12.1 Å². The lowest BCUT2D eigenvalue weighted by Crippen LogP contribution is -2.23. The highest BCUT2D eigenvalue weighted by atomic mass is 32.1. The molecule has 5 nitrogen and oxygen atoms in total. The van der Waals surface area contributed by atoms with Gasteiger partial charge in [-0.15, -0.1) is 11.3 Å². The molecule has 0 aromatic carbocycles. The first-order valence-electron chi connectivity index (χ1n) is 7.06. The van der Waals surface area contributed by atoms with E-state index in [4.69, 9.17) is 0 Å². The van der Waals surface area contributed by atoms with Gasteiger partial charge in [0.15, 0.2) is 0 Å². The highest BCUT2D eigenvalue weighted by molar-refractivity contribution is 7.09. The van der Waals surface area contributed by atoms with E-state index >= 15 is 0 Å². The highest BCUT2D eigenvalue weighted by Crippen LogP contribution is 2.12. The van der Waals surface area contributed by atoms with Crippen LogP contribution in [-0.4, -0.2) is 33.9 Å². The molecular formula is C15H20N4OS. The summed E-state index contributed by atoms with van der Waals surface area (Å²) < 4.78 is 0. The number of amides is 1. The standard InChI is InChI=1S/C15H20N4OS/c1-3-19(4-2)10-13-11-21-14(18-13)9-17-15(20)12-5-7-16-8-6-12/h5-8,11H,3-4,9-10H2,1-2H3,(H,17,20). The van der Waals surface area contributed by atoms with Gasteiger partial charge in [0.2, 0.25) is 0 Å². The van der Waals surface area contributed by atoms with Crippen LogP contribution in [0.1, 0.15) is 34.9 Å². The number of nitrogens with one attached hydrogen (secondary N) is 1. The first-order chi connectivity index (χ1) is 10.2. The Morgan fingerprint density at radius 3 is 2.67 bits per heavy atom. The molecule has 1 N–H and O–H groups in total. The van der Waals surface area contributed by atoms with Gasteiger partial charge in [-0.3, -0.25) is 14.7 Å². The van der Waals surface area contributed by atoms with E-state index in [0.717, 1.165) is 30.3 Å². The summed E-state index contributed by atoms with van der Waals surface area (Å²) in [6, 6.07) is 3.39. The van der Waals surface area contributed by atoms with E-state index in [9.17, 15) is 4.79 Å². The van der Waals surface area contributed by atoms with Crippen LogP contribution in [0.4, 0.5) is 0 Å². The van der Waals surface area contributed by atoms with E-state index in [1.54, 1.807) is 35.9 Å². The number of carbonyl (C=O) groups is 1. The molecule has 0 radical (unpaired) electrons. The molecule has 21 heavy (non-hydrogen) atoms. The smallest absolute Gasteiger partial charge is 0.251 e. The number of aromatic nitrogens is 2. The Bertz CT molecular complexity index is 566. The second-order valence-corrected chi connectivity index (χ2v) is 5.56. The van der Waals surface area contributed by atoms with Crippen molar-refractivity contribution in [2.24, 2.45) is 0 Å². The summed E-state index contributed by atoms with van der Waals surface area (Å²) in [7, 11) is 0. The minimum atomic E-state index is -0.0992. The van der Waals surface area contributed by atoms with Gasteiger partial charge in [-0.25, -0.2) is 4.98 Å². The van der Waals surface area contributed by atoms with Gasteiger partial charge < -0.3 is 5.32 Å². The molecule has 0 saturated carbocycles. The monoisotopic (exact) mass is 304 g/mol. The van der Waals surface area contributed by atoms with Crippen LogP contribution in [0.3, 0.4) is 0 Å². The first-order valence-corrected chi connectivity index (χ1v) is 7.94. The van der Waals surface area contributed by atoms with Crippen LogP contribution in [0, 0.1) is 0 Å². The molecule has 0 fully saturated rings. The van der Waals surface area contributed by atoms with E-state index in [2.05, 4.69) is 39.4 Å². The van der Waals surface area contributed by atoms with Crippen LogP contribution in [0.15, 0.2) is 29.9 Å². The van der Waals surface area contributed by atoms with Crippen molar-refractivity contribution >= 4 is 17.2 Å². The van der Waals surface area contributed by atoms with Crippen LogP contribution in [0.5, 0.6) is 0 Å². The van der Waals surface area contributed by atoms with Gasteiger partial charge in [-0.1, -0.05) is 13.8 Å². The molecule has 0 aliphatic rings. The van der Waals surface area contributed by atoms with Crippen molar-refractivity contribution in [1.29, 1.82) is 0 Å². The van der Waals surface area contributed by atoms with Crippen LogP contribution in [-0.2, 0) is 13.1 Å². The summed E-state index contributed by atoms with van der Waals surface area (Å²) in [6.07, 6.45) is 3.22. The van der Waals surface area contributed by atoms with Gasteiger partial charge in [-0.05, 0) is 25.2 Å². The maximum absolute atomic E-state index is 11.9. The average molecular weight is 304 g/mol. The SMILES string of the molecule is CCN(CC)Cc1csc(CNC(=O)c2ccncc2)n1. The molecule has 0 atom stereocenters. The van der Waals surface area contributed by atoms with Gasteiger partial charge >= 0.3 is 0 Å². The second-order valence-electron chi connectivity index (χ2n) is 4.61. The predicted molar refractivity (Wildman–Crippen MR) is 84.1 cm³/mol. The fraction of sp³-hybridized carbons (Fsp3) is 0.400. The molecule has 2 aromatic heterocycles. The molecule has 0 spiro atoms. The lowest BCUT2D eigenvalue weighted by atomic mass is 10.2. The minimum absolute atomic E-state index is 0.0992. The normalized spacial score (nSPS) is 10.8. The van der Waals surface area contributed by atoms with Gasteiger partial charge in [0, 0.05) is 29.9 Å². The van der Waals surface area contributed by atoms with E-state index < -0.39 is 0 Å². The molecule has 112 valence electrons. The number of rotatable bonds is 7. The second kappa shape index (κ2) is 7.85. The number of thiazole rings is 1.